The van der Waals surface area contributed by atoms with Gasteiger partial charge in [0, 0.05) is 24.3 Å². The van der Waals surface area contributed by atoms with Crippen molar-refractivity contribution in [2.45, 2.75) is 25.2 Å². The molecular formula is C16H18N4O3S2. The average molecular weight is 378 g/mol. The van der Waals surface area contributed by atoms with Crippen LogP contribution in [-0.2, 0) is 14.8 Å². The van der Waals surface area contributed by atoms with Crippen molar-refractivity contribution >= 4 is 38.5 Å². The molecule has 0 spiro atoms. The van der Waals surface area contributed by atoms with Gasteiger partial charge in [-0.2, -0.15) is 0 Å². The van der Waals surface area contributed by atoms with Gasteiger partial charge in [0.2, 0.25) is 21.1 Å². The molecule has 132 valence electrons. The number of nitrogens with zero attached hydrogens (tertiary/aromatic N) is 2. The summed E-state index contributed by atoms with van der Waals surface area (Å²) in [5.74, 6) is 0.194. The Hall–Kier alpha value is -2.10. The Morgan fingerprint density at radius 3 is 2.72 bits per heavy atom. The molecule has 0 aliphatic heterocycles. The largest absolute Gasteiger partial charge is 0.300 e. The highest BCUT2D eigenvalue weighted by Crippen LogP contribution is 2.41. The number of carbonyl (C=O) groups is 1. The Morgan fingerprint density at radius 1 is 1.24 bits per heavy atom. The molecule has 1 heterocycles. The average Bonchev–Trinajstić information content (AvgIpc) is 3.34. The molecule has 9 heteroatoms. The second-order valence-corrected chi connectivity index (χ2v) is 8.33. The van der Waals surface area contributed by atoms with Crippen molar-refractivity contribution < 1.29 is 13.2 Å². The fourth-order valence-electron chi connectivity index (χ4n) is 2.05. The van der Waals surface area contributed by atoms with Crippen molar-refractivity contribution in [3.63, 3.8) is 0 Å². The number of amides is 1. The third-order valence-corrected chi connectivity index (χ3v) is 5.61. The Kier molecular flexibility index (Phi) is 5.57. The van der Waals surface area contributed by atoms with Crippen LogP contribution < -0.4 is 10.0 Å². The van der Waals surface area contributed by atoms with Crippen LogP contribution in [0.5, 0.6) is 0 Å². The van der Waals surface area contributed by atoms with E-state index in [1.54, 1.807) is 12.1 Å². The summed E-state index contributed by atoms with van der Waals surface area (Å²) in [6.45, 7) is 0.0155. The van der Waals surface area contributed by atoms with Crippen molar-refractivity contribution in [1.82, 2.24) is 14.9 Å². The van der Waals surface area contributed by atoms with Crippen molar-refractivity contribution in [2.24, 2.45) is 0 Å². The van der Waals surface area contributed by atoms with E-state index >= 15 is 0 Å². The zero-order chi connectivity index (χ0) is 17.7. The molecule has 2 N–H and O–H groups in total. The molecule has 1 aliphatic carbocycles. The maximum absolute atomic E-state index is 11.9. The minimum atomic E-state index is -3.58. The van der Waals surface area contributed by atoms with E-state index < -0.39 is 10.0 Å². The summed E-state index contributed by atoms with van der Waals surface area (Å²) in [4.78, 5) is 11.8. The third-order valence-electron chi connectivity index (χ3n) is 3.51. The first-order valence-electron chi connectivity index (χ1n) is 7.88. The first-order valence-corrected chi connectivity index (χ1v) is 10.2. The number of nitrogens with one attached hydrogen (secondary N) is 2. The van der Waals surface area contributed by atoms with Crippen LogP contribution in [0.4, 0.5) is 5.13 Å². The smallest absolute Gasteiger partial charge is 0.233 e. The van der Waals surface area contributed by atoms with E-state index in [2.05, 4.69) is 20.2 Å². The van der Waals surface area contributed by atoms with E-state index in [0.717, 1.165) is 28.8 Å². The van der Waals surface area contributed by atoms with Crippen LogP contribution in [0, 0.1) is 0 Å². The highest BCUT2D eigenvalue weighted by Gasteiger charge is 2.27. The van der Waals surface area contributed by atoms with Gasteiger partial charge in [0.1, 0.15) is 5.01 Å². The second-order valence-electron chi connectivity index (χ2n) is 5.67. The summed E-state index contributed by atoms with van der Waals surface area (Å²) < 4.78 is 26.1. The van der Waals surface area contributed by atoms with Gasteiger partial charge in [-0.15, -0.1) is 10.2 Å². The van der Waals surface area contributed by atoms with E-state index in [1.807, 2.05) is 18.2 Å². The first kappa shape index (κ1) is 17.7. The molecule has 0 atom stereocenters. The molecule has 2 aromatic rings. The van der Waals surface area contributed by atoms with E-state index in [4.69, 9.17) is 0 Å². The third kappa shape index (κ3) is 5.73. The van der Waals surface area contributed by atoms with Gasteiger partial charge in [0.25, 0.3) is 0 Å². The van der Waals surface area contributed by atoms with Crippen LogP contribution in [0.15, 0.2) is 35.7 Å². The van der Waals surface area contributed by atoms with Gasteiger partial charge in [0.15, 0.2) is 0 Å². The lowest BCUT2D eigenvalue weighted by Crippen LogP contribution is -2.26. The monoisotopic (exact) mass is 378 g/mol. The van der Waals surface area contributed by atoms with Crippen molar-refractivity contribution in [3.8, 4) is 0 Å². The van der Waals surface area contributed by atoms with E-state index in [1.165, 1.54) is 17.4 Å². The maximum atomic E-state index is 11.9. The Bertz CT molecular complexity index is 859. The highest BCUT2D eigenvalue weighted by atomic mass is 32.2. The molecule has 1 aliphatic rings. The molecule has 1 saturated carbocycles. The standard InChI is InChI=1S/C16H18N4O3S2/c21-14(18-16-20-19-15(24-16)13-6-7-13)8-10-17-25(22,23)11-9-12-4-2-1-3-5-12/h1-5,9,11,13,17H,6-8,10H2,(H,18,20,21)/b11-9+. The number of hydrogen-bond acceptors (Lipinski definition) is 6. The number of benzene rings is 1. The lowest BCUT2D eigenvalue weighted by atomic mass is 10.2. The summed E-state index contributed by atoms with van der Waals surface area (Å²) in [6.07, 6.45) is 3.78. The number of sulfonamides is 1. The molecule has 1 aromatic heterocycles. The van der Waals surface area contributed by atoms with Gasteiger partial charge in [-0.1, -0.05) is 41.7 Å². The van der Waals surface area contributed by atoms with Crippen molar-refractivity contribution in [2.75, 3.05) is 11.9 Å². The van der Waals surface area contributed by atoms with Crippen LogP contribution in [0.1, 0.15) is 35.8 Å². The number of aromatic nitrogens is 2. The van der Waals surface area contributed by atoms with Gasteiger partial charge in [-0.25, -0.2) is 13.1 Å². The lowest BCUT2D eigenvalue weighted by Gasteiger charge is -2.03. The van der Waals surface area contributed by atoms with Gasteiger partial charge in [0.05, 0.1) is 0 Å². The minimum Gasteiger partial charge on any atom is -0.300 e. The molecule has 7 nitrogen and oxygen atoms in total. The zero-order valence-corrected chi connectivity index (χ0v) is 15.0. The summed E-state index contributed by atoms with van der Waals surface area (Å²) >= 11 is 1.37. The van der Waals surface area contributed by atoms with Crippen LogP contribution in [0.25, 0.3) is 6.08 Å². The summed E-state index contributed by atoms with van der Waals surface area (Å²) in [7, 11) is -3.58. The Labute approximate surface area is 150 Å². The van der Waals surface area contributed by atoms with Crippen LogP contribution in [-0.4, -0.2) is 31.1 Å². The number of carbonyl (C=O) groups excluding carboxylic acids is 1. The molecule has 0 unspecified atom stereocenters. The Morgan fingerprint density at radius 2 is 2.00 bits per heavy atom. The molecule has 1 fully saturated rings. The molecule has 0 bridgehead atoms. The highest BCUT2D eigenvalue weighted by molar-refractivity contribution is 7.92. The predicted molar refractivity (Wildman–Crippen MR) is 97.5 cm³/mol. The number of anilines is 1. The SMILES string of the molecule is O=C(CCNS(=O)(=O)/C=C/c1ccccc1)Nc1nnc(C2CC2)s1. The molecule has 0 radical (unpaired) electrons. The number of rotatable bonds is 8. The van der Waals surface area contributed by atoms with E-state index in [9.17, 15) is 13.2 Å². The van der Waals surface area contributed by atoms with Gasteiger partial charge in [-0.05, 0) is 24.5 Å². The van der Waals surface area contributed by atoms with E-state index in [-0.39, 0.29) is 18.9 Å². The van der Waals surface area contributed by atoms with Crippen molar-refractivity contribution in [3.05, 3.63) is 46.3 Å². The molecule has 25 heavy (non-hydrogen) atoms. The van der Waals surface area contributed by atoms with Gasteiger partial charge < -0.3 is 5.32 Å². The molecule has 1 aromatic carbocycles. The van der Waals surface area contributed by atoms with Crippen LogP contribution >= 0.6 is 11.3 Å². The lowest BCUT2D eigenvalue weighted by molar-refractivity contribution is -0.116. The predicted octanol–water partition coefficient (Wildman–Crippen LogP) is 2.33. The van der Waals surface area contributed by atoms with E-state index in [0.29, 0.717) is 11.0 Å². The quantitative estimate of drug-likeness (QED) is 0.734. The molecule has 1 amide bonds. The summed E-state index contributed by atoms with van der Waals surface area (Å²) in [6, 6.07) is 9.11. The maximum Gasteiger partial charge on any atom is 0.233 e. The van der Waals surface area contributed by atoms with Crippen LogP contribution in [0.3, 0.4) is 0 Å². The van der Waals surface area contributed by atoms with Gasteiger partial charge in [-0.3, -0.25) is 4.79 Å². The topological polar surface area (TPSA) is 101 Å². The summed E-state index contributed by atoms with van der Waals surface area (Å²) in [5, 5.41) is 13.1. The number of hydrogen-bond donors (Lipinski definition) is 2. The fourth-order valence-corrected chi connectivity index (χ4v) is 3.80. The summed E-state index contributed by atoms with van der Waals surface area (Å²) in [5.41, 5.74) is 0.786. The van der Waals surface area contributed by atoms with Crippen LogP contribution in [0.2, 0.25) is 0 Å². The van der Waals surface area contributed by atoms with Gasteiger partial charge >= 0.3 is 0 Å². The van der Waals surface area contributed by atoms with Crippen molar-refractivity contribution in [1.29, 1.82) is 0 Å². The Balaban J connectivity index is 1.43. The minimum absolute atomic E-state index is 0.0155. The molecular weight excluding hydrogens is 360 g/mol. The second kappa shape index (κ2) is 7.85. The fraction of sp³-hybridized carbons (Fsp3) is 0.312. The zero-order valence-electron chi connectivity index (χ0n) is 13.4. The molecule has 3 rings (SSSR count). The molecule has 0 saturated heterocycles. The normalized spacial score (nSPS) is 14.7. The first-order chi connectivity index (χ1) is 12.0.